The van der Waals surface area contributed by atoms with Gasteiger partial charge in [-0.3, -0.25) is 4.57 Å². The van der Waals surface area contributed by atoms with Gasteiger partial charge in [-0.15, -0.1) is 0 Å². The maximum absolute atomic E-state index is 12.0. The number of fused-ring (bicyclic) bond motifs is 2. The topological polar surface area (TPSA) is 37.8 Å². The Morgan fingerprint density at radius 3 is 2.76 bits per heavy atom. The van der Waals surface area contributed by atoms with Gasteiger partial charge < -0.3 is 4.98 Å². The van der Waals surface area contributed by atoms with Gasteiger partial charge in [-0.2, -0.15) is 0 Å². The summed E-state index contributed by atoms with van der Waals surface area (Å²) in [5, 5.41) is 0. The number of H-pyrrole nitrogens is 1. The number of aromatic nitrogens is 2. The van der Waals surface area contributed by atoms with E-state index in [-0.39, 0.29) is 5.69 Å². The Kier molecular flexibility index (Phi) is 1.64. The van der Waals surface area contributed by atoms with E-state index in [0.717, 1.165) is 26.5 Å². The summed E-state index contributed by atoms with van der Waals surface area (Å²) in [5.41, 5.74) is 2.78. The highest BCUT2D eigenvalue weighted by molar-refractivity contribution is 7.99. The summed E-state index contributed by atoms with van der Waals surface area (Å²) in [5.74, 6) is 0. The molecule has 0 bridgehead atoms. The van der Waals surface area contributed by atoms with Crippen molar-refractivity contribution in [2.75, 3.05) is 0 Å². The highest BCUT2D eigenvalue weighted by Crippen LogP contribution is 2.40. The summed E-state index contributed by atoms with van der Waals surface area (Å²) in [6, 6.07) is 13.9. The normalized spacial score (nSPS) is 12.7. The number of aromatic amines is 1. The van der Waals surface area contributed by atoms with Crippen LogP contribution in [0.3, 0.4) is 0 Å². The van der Waals surface area contributed by atoms with Crippen molar-refractivity contribution in [2.24, 2.45) is 0 Å². The SMILES string of the molecule is O=c1[nH]c2cccc3c2n1-c1ccccc1S3. The number of imidazole rings is 1. The Hall–Kier alpha value is -1.94. The van der Waals surface area contributed by atoms with Gasteiger partial charge in [-0.1, -0.05) is 30.0 Å². The molecule has 1 aromatic heterocycles. The molecule has 82 valence electrons. The largest absolute Gasteiger partial charge is 0.331 e. The molecule has 0 amide bonds. The second-order valence-corrected chi connectivity index (χ2v) is 5.07. The molecule has 0 atom stereocenters. The van der Waals surface area contributed by atoms with Crippen LogP contribution in [0.25, 0.3) is 16.7 Å². The molecule has 2 heterocycles. The van der Waals surface area contributed by atoms with E-state index in [9.17, 15) is 4.79 Å². The molecule has 1 aliphatic heterocycles. The molecular formula is C13H8N2OS. The Morgan fingerprint density at radius 2 is 1.82 bits per heavy atom. The summed E-state index contributed by atoms with van der Waals surface area (Å²) >= 11 is 1.71. The van der Waals surface area contributed by atoms with Crippen LogP contribution in [0.1, 0.15) is 0 Å². The van der Waals surface area contributed by atoms with Crippen molar-refractivity contribution in [1.29, 1.82) is 0 Å². The minimum atomic E-state index is -0.0693. The third-order valence-corrected chi connectivity index (χ3v) is 4.11. The smallest absolute Gasteiger partial charge is 0.305 e. The average Bonchev–Trinajstić information content (AvgIpc) is 2.69. The number of nitrogens with zero attached hydrogens (tertiary/aromatic N) is 1. The zero-order valence-electron chi connectivity index (χ0n) is 8.81. The highest BCUT2D eigenvalue weighted by Gasteiger charge is 2.20. The third kappa shape index (κ3) is 1.10. The predicted molar refractivity (Wildman–Crippen MR) is 68.0 cm³/mol. The predicted octanol–water partition coefficient (Wildman–Crippen LogP) is 2.78. The maximum atomic E-state index is 12.0. The molecular weight excluding hydrogens is 232 g/mol. The van der Waals surface area contributed by atoms with Gasteiger partial charge in [0, 0.05) is 9.79 Å². The molecule has 4 rings (SSSR count). The lowest BCUT2D eigenvalue weighted by Gasteiger charge is -2.16. The van der Waals surface area contributed by atoms with Crippen molar-refractivity contribution < 1.29 is 0 Å². The van der Waals surface area contributed by atoms with Gasteiger partial charge in [0.25, 0.3) is 0 Å². The van der Waals surface area contributed by atoms with E-state index in [1.165, 1.54) is 0 Å². The number of para-hydroxylation sites is 2. The molecule has 0 saturated heterocycles. The summed E-state index contributed by atoms with van der Waals surface area (Å²) < 4.78 is 1.76. The summed E-state index contributed by atoms with van der Waals surface area (Å²) in [7, 11) is 0. The molecule has 0 radical (unpaired) electrons. The van der Waals surface area contributed by atoms with Crippen molar-refractivity contribution in [3.05, 3.63) is 52.9 Å². The molecule has 3 aromatic rings. The summed E-state index contributed by atoms with van der Waals surface area (Å²) in [6.07, 6.45) is 0. The fourth-order valence-electron chi connectivity index (χ4n) is 2.29. The van der Waals surface area contributed by atoms with E-state index in [0.29, 0.717) is 0 Å². The fourth-order valence-corrected chi connectivity index (χ4v) is 3.38. The van der Waals surface area contributed by atoms with Crippen LogP contribution in [0.15, 0.2) is 57.1 Å². The molecule has 0 fully saturated rings. The lowest BCUT2D eigenvalue weighted by atomic mass is 10.2. The van der Waals surface area contributed by atoms with Gasteiger partial charge in [0.05, 0.1) is 16.7 Å². The molecule has 4 heteroatoms. The molecule has 0 aliphatic carbocycles. The van der Waals surface area contributed by atoms with Gasteiger partial charge >= 0.3 is 5.69 Å². The molecule has 3 nitrogen and oxygen atoms in total. The number of hydrogen-bond donors (Lipinski definition) is 1. The van der Waals surface area contributed by atoms with Crippen LogP contribution in [0.4, 0.5) is 0 Å². The molecule has 1 N–H and O–H groups in total. The number of rotatable bonds is 0. The van der Waals surface area contributed by atoms with E-state index in [1.807, 2.05) is 42.5 Å². The van der Waals surface area contributed by atoms with E-state index in [4.69, 9.17) is 0 Å². The average molecular weight is 240 g/mol. The maximum Gasteiger partial charge on any atom is 0.331 e. The van der Waals surface area contributed by atoms with Crippen LogP contribution >= 0.6 is 11.8 Å². The van der Waals surface area contributed by atoms with Crippen LogP contribution in [-0.2, 0) is 0 Å². The Labute approximate surface area is 101 Å². The first kappa shape index (κ1) is 9.13. The highest BCUT2D eigenvalue weighted by atomic mass is 32.2. The summed E-state index contributed by atoms with van der Waals surface area (Å²) in [6.45, 7) is 0. The van der Waals surface area contributed by atoms with Gasteiger partial charge in [0.2, 0.25) is 0 Å². The second kappa shape index (κ2) is 3.05. The van der Waals surface area contributed by atoms with Crippen molar-refractivity contribution in [3.63, 3.8) is 0 Å². The van der Waals surface area contributed by atoms with Crippen LogP contribution < -0.4 is 5.69 Å². The van der Waals surface area contributed by atoms with Crippen molar-refractivity contribution in [3.8, 4) is 5.69 Å². The Balaban J connectivity index is 2.28. The lowest BCUT2D eigenvalue weighted by molar-refractivity contribution is 0.973. The first-order valence-electron chi connectivity index (χ1n) is 5.35. The van der Waals surface area contributed by atoms with E-state index >= 15 is 0 Å². The minimum absolute atomic E-state index is 0.0693. The molecule has 0 unspecified atom stereocenters. The fraction of sp³-hybridized carbons (Fsp3) is 0. The quantitative estimate of drug-likeness (QED) is 0.513. The summed E-state index contributed by atoms with van der Waals surface area (Å²) in [4.78, 5) is 17.2. The number of nitrogens with one attached hydrogen (secondary N) is 1. The zero-order valence-corrected chi connectivity index (χ0v) is 9.62. The van der Waals surface area contributed by atoms with E-state index < -0.39 is 0 Å². The van der Waals surface area contributed by atoms with Gasteiger partial charge in [-0.25, -0.2) is 4.79 Å². The first-order chi connectivity index (χ1) is 8.34. The molecule has 1 aliphatic rings. The van der Waals surface area contributed by atoms with Crippen LogP contribution in [0.5, 0.6) is 0 Å². The molecule has 17 heavy (non-hydrogen) atoms. The first-order valence-corrected chi connectivity index (χ1v) is 6.17. The minimum Gasteiger partial charge on any atom is -0.305 e. The third-order valence-electron chi connectivity index (χ3n) is 2.99. The Morgan fingerprint density at radius 1 is 1.00 bits per heavy atom. The molecule has 2 aromatic carbocycles. The standard InChI is InChI=1S/C13H8N2OS/c16-13-14-8-4-3-7-11-12(8)15(13)9-5-1-2-6-10(9)17-11/h1-7H,(H,14,16). The van der Waals surface area contributed by atoms with Crippen molar-refractivity contribution in [2.45, 2.75) is 9.79 Å². The lowest BCUT2D eigenvalue weighted by Crippen LogP contribution is -2.16. The molecule has 0 spiro atoms. The van der Waals surface area contributed by atoms with Crippen LogP contribution in [-0.4, -0.2) is 9.55 Å². The van der Waals surface area contributed by atoms with E-state index in [2.05, 4.69) is 4.98 Å². The van der Waals surface area contributed by atoms with Crippen molar-refractivity contribution in [1.82, 2.24) is 9.55 Å². The Bertz CT molecular complexity index is 801. The second-order valence-electron chi connectivity index (χ2n) is 3.99. The van der Waals surface area contributed by atoms with Crippen LogP contribution in [0.2, 0.25) is 0 Å². The van der Waals surface area contributed by atoms with Gasteiger partial charge in [-0.05, 0) is 24.3 Å². The zero-order chi connectivity index (χ0) is 11.4. The van der Waals surface area contributed by atoms with Crippen molar-refractivity contribution >= 4 is 22.8 Å². The molecule has 0 saturated carbocycles. The van der Waals surface area contributed by atoms with E-state index in [1.54, 1.807) is 16.3 Å². The van der Waals surface area contributed by atoms with Gasteiger partial charge in [0.15, 0.2) is 0 Å². The monoisotopic (exact) mass is 240 g/mol. The van der Waals surface area contributed by atoms with Gasteiger partial charge in [0.1, 0.15) is 0 Å². The van der Waals surface area contributed by atoms with Crippen LogP contribution in [0, 0.1) is 0 Å². The number of benzene rings is 2. The number of hydrogen-bond acceptors (Lipinski definition) is 2.